The molecule has 0 radical (unpaired) electrons. The lowest BCUT2D eigenvalue weighted by atomic mass is 9.88. The molecule has 7 nitrogen and oxygen atoms in total. The van der Waals surface area contributed by atoms with Crippen LogP contribution in [0.5, 0.6) is 0 Å². The third kappa shape index (κ3) is 5.46. The summed E-state index contributed by atoms with van der Waals surface area (Å²) in [6.07, 6.45) is 9.22. The molecule has 1 aliphatic heterocycles. The van der Waals surface area contributed by atoms with E-state index >= 15 is 0 Å². The zero-order valence-corrected chi connectivity index (χ0v) is 20.0. The molecule has 0 saturated heterocycles. The number of fused-ring (bicyclic) bond motifs is 1. The number of nitrogens with zero attached hydrogens (tertiary/aromatic N) is 4. The number of aromatic nitrogens is 2. The van der Waals surface area contributed by atoms with Crippen molar-refractivity contribution in [3.05, 3.63) is 40.7 Å². The lowest BCUT2D eigenvalue weighted by Crippen LogP contribution is -2.39. The van der Waals surface area contributed by atoms with Crippen LogP contribution in [0.15, 0.2) is 24.5 Å². The first-order chi connectivity index (χ1) is 15.3. The summed E-state index contributed by atoms with van der Waals surface area (Å²) in [6, 6.07) is 3.89. The lowest BCUT2D eigenvalue weighted by Gasteiger charge is -2.29. The fraction of sp³-hybridized carbons (Fsp3) is 0.583. The molecule has 0 N–H and O–H groups in total. The van der Waals surface area contributed by atoms with Gasteiger partial charge in [0.2, 0.25) is 5.91 Å². The van der Waals surface area contributed by atoms with Gasteiger partial charge >= 0.3 is 6.09 Å². The molecule has 32 heavy (non-hydrogen) atoms. The highest BCUT2D eigenvalue weighted by Gasteiger charge is 2.32. The molecule has 0 spiro atoms. The number of thiazole rings is 1. The molecule has 1 aliphatic carbocycles. The number of anilines is 1. The minimum atomic E-state index is -0.525. The largest absolute Gasteiger partial charge is 0.444 e. The van der Waals surface area contributed by atoms with Crippen LogP contribution in [-0.4, -0.2) is 39.0 Å². The van der Waals surface area contributed by atoms with E-state index in [-0.39, 0.29) is 17.9 Å². The van der Waals surface area contributed by atoms with E-state index in [4.69, 9.17) is 9.72 Å². The van der Waals surface area contributed by atoms with Gasteiger partial charge in [0.15, 0.2) is 5.13 Å². The number of amides is 2. The van der Waals surface area contributed by atoms with Gasteiger partial charge in [0.05, 0.1) is 18.8 Å². The smallest absolute Gasteiger partial charge is 0.410 e. The van der Waals surface area contributed by atoms with Crippen molar-refractivity contribution in [3.63, 3.8) is 0 Å². The number of pyridine rings is 1. The van der Waals surface area contributed by atoms with Crippen LogP contribution in [-0.2, 0) is 29.0 Å². The fourth-order valence-electron chi connectivity index (χ4n) is 4.26. The summed E-state index contributed by atoms with van der Waals surface area (Å²) in [7, 11) is 0. The second kappa shape index (κ2) is 9.57. The molecule has 0 atom stereocenters. The maximum atomic E-state index is 13.5. The van der Waals surface area contributed by atoms with Gasteiger partial charge in [-0.1, -0.05) is 36.7 Å². The van der Waals surface area contributed by atoms with Gasteiger partial charge in [-0.25, -0.2) is 9.78 Å². The molecule has 0 aromatic carbocycles. The van der Waals surface area contributed by atoms with Crippen LogP contribution in [0.4, 0.5) is 9.93 Å². The maximum absolute atomic E-state index is 13.5. The van der Waals surface area contributed by atoms with E-state index in [1.165, 1.54) is 17.8 Å². The van der Waals surface area contributed by atoms with E-state index in [1.807, 2.05) is 37.8 Å². The van der Waals surface area contributed by atoms with Crippen molar-refractivity contribution in [1.29, 1.82) is 0 Å². The van der Waals surface area contributed by atoms with Crippen molar-refractivity contribution in [2.24, 2.45) is 5.92 Å². The molecular weight excluding hydrogens is 424 g/mol. The summed E-state index contributed by atoms with van der Waals surface area (Å²) < 4.78 is 5.54. The molecule has 3 heterocycles. The van der Waals surface area contributed by atoms with Gasteiger partial charge < -0.3 is 9.64 Å². The van der Waals surface area contributed by atoms with E-state index in [0.717, 1.165) is 46.9 Å². The van der Waals surface area contributed by atoms with E-state index in [9.17, 15) is 9.59 Å². The fourth-order valence-corrected chi connectivity index (χ4v) is 5.39. The van der Waals surface area contributed by atoms with Crippen LogP contribution in [0.2, 0.25) is 0 Å². The third-order valence-electron chi connectivity index (χ3n) is 5.89. The highest BCUT2D eigenvalue weighted by Crippen LogP contribution is 2.34. The highest BCUT2D eigenvalue weighted by atomic mass is 32.1. The van der Waals surface area contributed by atoms with E-state index < -0.39 is 5.60 Å². The molecule has 4 rings (SSSR count). The summed E-state index contributed by atoms with van der Waals surface area (Å²) in [5.41, 5.74) is 1.45. The summed E-state index contributed by atoms with van der Waals surface area (Å²) in [4.78, 5) is 39.7. The van der Waals surface area contributed by atoms with Crippen LogP contribution in [0.1, 0.15) is 69.0 Å². The molecule has 2 aromatic rings. The second-order valence-corrected chi connectivity index (χ2v) is 10.7. The van der Waals surface area contributed by atoms with Gasteiger partial charge in [-0.05, 0) is 45.2 Å². The van der Waals surface area contributed by atoms with Gasteiger partial charge in [0.1, 0.15) is 5.60 Å². The van der Waals surface area contributed by atoms with E-state index in [2.05, 4.69) is 4.98 Å². The topological polar surface area (TPSA) is 75.6 Å². The summed E-state index contributed by atoms with van der Waals surface area (Å²) in [6.45, 7) is 7.13. The molecule has 0 bridgehead atoms. The normalized spacial score (nSPS) is 17.0. The van der Waals surface area contributed by atoms with Crippen LogP contribution >= 0.6 is 11.3 Å². The Bertz CT molecular complexity index is 948. The van der Waals surface area contributed by atoms with Gasteiger partial charge in [0.25, 0.3) is 0 Å². The van der Waals surface area contributed by atoms with Crippen LogP contribution in [0.25, 0.3) is 0 Å². The van der Waals surface area contributed by atoms with Crippen LogP contribution < -0.4 is 4.90 Å². The lowest BCUT2D eigenvalue weighted by molar-refractivity contribution is -0.123. The first-order valence-corrected chi connectivity index (χ1v) is 12.3. The summed E-state index contributed by atoms with van der Waals surface area (Å²) >= 11 is 1.52. The predicted molar refractivity (Wildman–Crippen MR) is 124 cm³/mol. The van der Waals surface area contributed by atoms with Gasteiger partial charge in [0, 0.05) is 36.2 Å². The quantitative estimate of drug-likeness (QED) is 0.651. The monoisotopic (exact) mass is 456 g/mol. The minimum absolute atomic E-state index is 0.0552. The SMILES string of the molecule is CC(C)(C)OC(=O)N1CCc2nc(N(Cc3cccnc3)C(=O)C3CCCCC3)sc2C1. The average molecular weight is 457 g/mol. The molecule has 2 amide bonds. The summed E-state index contributed by atoms with van der Waals surface area (Å²) in [5, 5.41) is 0.723. The Morgan fingerprint density at radius 1 is 1.25 bits per heavy atom. The Morgan fingerprint density at radius 3 is 2.72 bits per heavy atom. The van der Waals surface area contributed by atoms with Crippen molar-refractivity contribution in [3.8, 4) is 0 Å². The number of hydrogen-bond donors (Lipinski definition) is 0. The zero-order valence-electron chi connectivity index (χ0n) is 19.2. The van der Waals surface area contributed by atoms with Crippen molar-refractivity contribution in [2.45, 2.75) is 78.0 Å². The van der Waals surface area contributed by atoms with Crippen molar-refractivity contribution in [1.82, 2.24) is 14.9 Å². The highest BCUT2D eigenvalue weighted by molar-refractivity contribution is 7.15. The Morgan fingerprint density at radius 2 is 2.03 bits per heavy atom. The van der Waals surface area contributed by atoms with E-state index in [1.54, 1.807) is 17.3 Å². The molecule has 0 unspecified atom stereocenters. The second-order valence-electron chi connectivity index (χ2n) is 9.64. The molecule has 172 valence electrons. The van der Waals surface area contributed by atoms with Crippen molar-refractivity contribution < 1.29 is 14.3 Å². The van der Waals surface area contributed by atoms with Crippen LogP contribution in [0, 0.1) is 5.92 Å². The summed E-state index contributed by atoms with van der Waals surface area (Å²) in [5.74, 6) is 0.211. The van der Waals surface area contributed by atoms with E-state index in [0.29, 0.717) is 26.1 Å². The van der Waals surface area contributed by atoms with Gasteiger partial charge in [-0.3, -0.25) is 14.7 Å². The minimum Gasteiger partial charge on any atom is -0.444 e. The number of carbonyl (C=O) groups excluding carboxylic acids is 2. The molecule has 2 aliphatic rings. The molecule has 1 saturated carbocycles. The third-order valence-corrected chi connectivity index (χ3v) is 6.99. The first kappa shape index (κ1) is 22.7. The Kier molecular flexibility index (Phi) is 6.79. The number of hydrogen-bond acceptors (Lipinski definition) is 6. The van der Waals surface area contributed by atoms with Crippen LogP contribution in [0.3, 0.4) is 0 Å². The Hall–Kier alpha value is -2.48. The molecular formula is C24H32N4O3S. The number of ether oxygens (including phenoxy) is 1. The Labute approximate surface area is 193 Å². The maximum Gasteiger partial charge on any atom is 0.410 e. The molecule has 8 heteroatoms. The zero-order chi connectivity index (χ0) is 22.7. The number of rotatable bonds is 4. The van der Waals surface area contributed by atoms with Crippen molar-refractivity contribution >= 4 is 28.5 Å². The Balaban J connectivity index is 1.56. The molecule has 2 aromatic heterocycles. The predicted octanol–water partition coefficient (Wildman–Crippen LogP) is 4.94. The average Bonchev–Trinajstić information content (AvgIpc) is 3.20. The van der Waals surface area contributed by atoms with Gasteiger partial charge in [-0.15, -0.1) is 0 Å². The number of carbonyl (C=O) groups is 2. The standard InChI is InChI=1S/C24H32N4O3S/c1-24(2,3)31-23(30)27-13-11-19-20(16-27)32-22(26-19)28(15-17-8-7-12-25-14-17)21(29)18-9-5-4-6-10-18/h7-8,12,14,18H,4-6,9-11,13,15-16H2,1-3H3. The molecule has 1 fully saturated rings. The van der Waals surface area contributed by atoms with Gasteiger partial charge in [-0.2, -0.15) is 0 Å². The first-order valence-electron chi connectivity index (χ1n) is 11.5. The van der Waals surface area contributed by atoms with Crippen molar-refractivity contribution in [2.75, 3.05) is 11.4 Å².